The number of benzene rings is 2. The molecule has 104 valence electrons. The van der Waals surface area contributed by atoms with Crippen molar-refractivity contribution in [2.24, 2.45) is 4.99 Å². The largest absolute Gasteiger partial charge is 0.497 e. The van der Waals surface area contributed by atoms with Crippen LogP contribution in [0.15, 0.2) is 53.5 Å². The van der Waals surface area contributed by atoms with E-state index in [2.05, 4.69) is 31.2 Å². The van der Waals surface area contributed by atoms with Gasteiger partial charge in [0.05, 0.1) is 12.8 Å². The Labute approximate surface area is 120 Å². The molecule has 3 heteroatoms. The van der Waals surface area contributed by atoms with Crippen LogP contribution in [0.25, 0.3) is 0 Å². The molecule has 3 nitrogen and oxygen atoms in total. The molecule has 0 saturated carbocycles. The average Bonchev–Trinajstić information content (AvgIpc) is 2.46. The minimum atomic E-state index is 0.839. The van der Waals surface area contributed by atoms with Crippen LogP contribution in [0.3, 0.4) is 0 Å². The molecular formula is C17H20N2O. The molecule has 0 bridgehead atoms. The fraction of sp³-hybridized carbons (Fsp3) is 0.235. The van der Waals surface area contributed by atoms with Gasteiger partial charge in [-0.15, -0.1) is 0 Å². The Morgan fingerprint density at radius 1 is 0.950 bits per heavy atom. The number of methoxy groups -OCH3 is 1. The van der Waals surface area contributed by atoms with Gasteiger partial charge in [0.15, 0.2) is 0 Å². The molecule has 0 spiro atoms. The number of aryl methyl sites for hydroxylation is 1. The zero-order valence-corrected chi connectivity index (χ0v) is 12.4. The Kier molecular flexibility index (Phi) is 4.41. The zero-order valence-electron chi connectivity index (χ0n) is 12.4. The highest BCUT2D eigenvalue weighted by atomic mass is 16.5. The van der Waals surface area contributed by atoms with Crippen molar-refractivity contribution in [3.05, 3.63) is 59.7 Å². The van der Waals surface area contributed by atoms with Crippen LogP contribution in [0, 0.1) is 6.92 Å². The minimum Gasteiger partial charge on any atom is -0.497 e. The molecule has 0 aliphatic carbocycles. The summed E-state index contributed by atoms with van der Waals surface area (Å²) in [5.74, 6) is 1.78. The van der Waals surface area contributed by atoms with Gasteiger partial charge in [-0.1, -0.05) is 29.8 Å². The summed E-state index contributed by atoms with van der Waals surface area (Å²) in [5.41, 5.74) is 3.27. The Bertz CT molecular complexity index is 583. The third-order valence-electron chi connectivity index (χ3n) is 3.04. The van der Waals surface area contributed by atoms with E-state index >= 15 is 0 Å². The van der Waals surface area contributed by atoms with E-state index in [4.69, 9.17) is 9.73 Å². The second-order valence-corrected chi connectivity index (χ2v) is 4.89. The molecule has 0 heterocycles. The average molecular weight is 268 g/mol. The summed E-state index contributed by atoms with van der Waals surface area (Å²) in [7, 11) is 5.67. The van der Waals surface area contributed by atoms with Gasteiger partial charge in [0.25, 0.3) is 0 Å². The number of amidine groups is 1. The fourth-order valence-electron chi connectivity index (χ4n) is 1.90. The first-order chi connectivity index (χ1) is 9.60. The summed E-state index contributed by atoms with van der Waals surface area (Å²) in [6.45, 7) is 2.08. The Balaban J connectivity index is 2.36. The van der Waals surface area contributed by atoms with Crippen molar-refractivity contribution in [1.29, 1.82) is 0 Å². The molecule has 0 aromatic heterocycles. The van der Waals surface area contributed by atoms with Crippen molar-refractivity contribution in [2.75, 3.05) is 21.2 Å². The Hall–Kier alpha value is -2.29. The van der Waals surface area contributed by atoms with Crippen LogP contribution < -0.4 is 4.74 Å². The van der Waals surface area contributed by atoms with Gasteiger partial charge in [0, 0.05) is 19.7 Å². The normalized spacial score (nSPS) is 11.3. The maximum absolute atomic E-state index is 5.16. The summed E-state index contributed by atoms with van der Waals surface area (Å²) in [4.78, 5) is 6.74. The fourth-order valence-corrected chi connectivity index (χ4v) is 1.90. The summed E-state index contributed by atoms with van der Waals surface area (Å²) >= 11 is 0. The maximum atomic E-state index is 5.16. The highest BCUT2D eigenvalue weighted by Crippen LogP contribution is 2.19. The number of nitrogens with zero attached hydrogens (tertiary/aromatic N) is 2. The van der Waals surface area contributed by atoms with E-state index in [9.17, 15) is 0 Å². The van der Waals surface area contributed by atoms with Crippen molar-refractivity contribution in [3.63, 3.8) is 0 Å². The summed E-state index contributed by atoms with van der Waals surface area (Å²) in [6, 6.07) is 16.1. The summed E-state index contributed by atoms with van der Waals surface area (Å²) in [5, 5.41) is 0. The van der Waals surface area contributed by atoms with Crippen LogP contribution in [0.5, 0.6) is 5.75 Å². The molecule has 2 aromatic carbocycles. The van der Waals surface area contributed by atoms with Gasteiger partial charge in [-0.3, -0.25) is 0 Å². The third kappa shape index (κ3) is 3.38. The van der Waals surface area contributed by atoms with E-state index in [1.54, 1.807) is 7.11 Å². The molecule has 0 atom stereocenters. The van der Waals surface area contributed by atoms with Crippen LogP contribution in [0.4, 0.5) is 5.69 Å². The van der Waals surface area contributed by atoms with Gasteiger partial charge in [0.2, 0.25) is 0 Å². The highest BCUT2D eigenvalue weighted by molar-refractivity contribution is 6.00. The molecule has 0 amide bonds. The highest BCUT2D eigenvalue weighted by Gasteiger charge is 2.06. The maximum Gasteiger partial charge on any atom is 0.136 e. The van der Waals surface area contributed by atoms with Crippen molar-refractivity contribution in [1.82, 2.24) is 4.90 Å². The molecular weight excluding hydrogens is 248 g/mol. The smallest absolute Gasteiger partial charge is 0.136 e. The number of aliphatic imine (C=N–C) groups is 1. The Morgan fingerprint density at radius 3 is 2.05 bits per heavy atom. The van der Waals surface area contributed by atoms with Gasteiger partial charge in [-0.25, -0.2) is 4.99 Å². The lowest BCUT2D eigenvalue weighted by molar-refractivity contribution is 0.415. The summed E-state index contributed by atoms with van der Waals surface area (Å²) in [6.07, 6.45) is 0. The number of rotatable bonds is 3. The monoisotopic (exact) mass is 268 g/mol. The third-order valence-corrected chi connectivity index (χ3v) is 3.04. The predicted octanol–water partition coefficient (Wildman–Crippen LogP) is 3.64. The molecule has 0 fully saturated rings. The van der Waals surface area contributed by atoms with Crippen LogP contribution in [-0.4, -0.2) is 31.9 Å². The number of hydrogen-bond acceptors (Lipinski definition) is 2. The molecule has 20 heavy (non-hydrogen) atoms. The minimum absolute atomic E-state index is 0.839. The van der Waals surface area contributed by atoms with E-state index in [-0.39, 0.29) is 0 Å². The van der Waals surface area contributed by atoms with E-state index in [0.717, 1.165) is 22.8 Å². The van der Waals surface area contributed by atoms with Crippen LogP contribution in [0.2, 0.25) is 0 Å². The van der Waals surface area contributed by atoms with E-state index in [1.807, 2.05) is 43.3 Å². The lowest BCUT2D eigenvalue weighted by Gasteiger charge is -2.16. The Morgan fingerprint density at radius 2 is 1.55 bits per heavy atom. The predicted molar refractivity (Wildman–Crippen MR) is 84.1 cm³/mol. The van der Waals surface area contributed by atoms with Crippen molar-refractivity contribution in [3.8, 4) is 5.75 Å². The van der Waals surface area contributed by atoms with Crippen molar-refractivity contribution >= 4 is 11.5 Å². The first-order valence-electron chi connectivity index (χ1n) is 6.57. The second-order valence-electron chi connectivity index (χ2n) is 4.89. The first-order valence-corrected chi connectivity index (χ1v) is 6.57. The zero-order chi connectivity index (χ0) is 14.5. The molecule has 2 aromatic rings. The number of ether oxygens (including phenoxy) is 1. The lowest BCUT2D eigenvalue weighted by atomic mass is 10.1. The van der Waals surface area contributed by atoms with Crippen molar-refractivity contribution in [2.45, 2.75) is 6.92 Å². The second kappa shape index (κ2) is 6.24. The molecule has 0 aliphatic rings. The van der Waals surface area contributed by atoms with Crippen LogP contribution in [-0.2, 0) is 0 Å². The SMILES string of the molecule is COc1ccc(N=C(c2ccc(C)cc2)N(C)C)cc1. The topological polar surface area (TPSA) is 24.8 Å². The molecule has 0 unspecified atom stereocenters. The summed E-state index contributed by atoms with van der Waals surface area (Å²) < 4.78 is 5.16. The number of hydrogen-bond donors (Lipinski definition) is 0. The molecule has 0 aliphatic heterocycles. The van der Waals surface area contributed by atoms with Gasteiger partial charge in [-0.2, -0.15) is 0 Å². The standard InChI is InChI=1S/C17H20N2O/c1-13-5-7-14(8-6-13)17(19(2)3)18-15-9-11-16(20-4)12-10-15/h5-12H,1-4H3. The first kappa shape index (κ1) is 14.1. The van der Waals surface area contributed by atoms with Crippen molar-refractivity contribution < 1.29 is 4.74 Å². The van der Waals surface area contributed by atoms with Crippen LogP contribution >= 0.6 is 0 Å². The molecule has 0 saturated heterocycles. The van der Waals surface area contributed by atoms with Gasteiger partial charge >= 0.3 is 0 Å². The molecule has 0 N–H and O–H groups in total. The van der Waals surface area contributed by atoms with E-state index in [1.165, 1.54) is 5.56 Å². The van der Waals surface area contributed by atoms with Crippen LogP contribution in [0.1, 0.15) is 11.1 Å². The molecule has 0 radical (unpaired) electrons. The van der Waals surface area contributed by atoms with E-state index < -0.39 is 0 Å². The van der Waals surface area contributed by atoms with Gasteiger partial charge in [0.1, 0.15) is 11.6 Å². The molecule has 2 rings (SSSR count). The van der Waals surface area contributed by atoms with Gasteiger partial charge in [-0.05, 0) is 31.2 Å². The van der Waals surface area contributed by atoms with Gasteiger partial charge < -0.3 is 9.64 Å². The quantitative estimate of drug-likeness (QED) is 0.627. The van der Waals surface area contributed by atoms with E-state index in [0.29, 0.717) is 0 Å². The lowest BCUT2D eigenvalue weighted by Crippen LogP contribution is -2.22.